The van der Waals surface area contributed by atoms with Crippen LogP contribution in [-0.4, -0.2) is 62.3 Å². The van der Waals surface area contributed by atoms with E-state index in [-0.39, 0.29) is 35.0 Å². The minimum Gasteiger partial charge on any atom is -0.339 e. The highest BCUT2D eigenvalue weighted by Crippen LogP contribution is 2.35. The van der Waals surface area contributed by atoms with Gasteiger partial charge in [-0.05, 0) is 37.8 Å². The van der Waals surface area contributed by atoms with E-state index >= 15 is 0 Å². The van der Waals surface area contributed by atoms with Crippen LogP contribution < -0.4 is 5.56 Å². The number of carbonyl (C=O) groups is 2. The lowest BCUT2D eigenvalue weighted by Crippen LogP contribution is -2.52. The summed E-state index contributed by atoms with van der Waals surface area (Å²) >= 11 is 0. The molecule has 0 radical (unpaired) electrons. The molecular formula is C19H21N5O3. The quantitative estimate of drug-likeness (QED) is 0.801. The third-order valence-electron chi connectivity index (χ3n) is 5.57. The van der Waals surface area contributed by atoms with Crippen LogP contribution in [0.1, 0.15) is 42.2 Å². The summed E-state index contributed by atoms with van der Waals surface area (Å²) in [6.07, 6.45) is 5.44. The van der Waals surface area contributed by atoms with Crippen LogP contribution in [0.15, 0.2) is 23.1 Å². The molecule has 2 aromatic rings. The summed E-state index contributed by atoms with van der Waals surface area (Å²) in [6.45, 7) is 1.92. The van der Waals surface area contributed by atoms with Crippen molar-refractivity contribution in [2.24, 2.45) is 5.92 Å². The van der Waals surface area contributed by atoms with Gasteiger partial charge in [0.05, 0.1) is 0 Å². The van der Waals surface area contributed by atoms with Crippen LogP contribution in [0.4, 0.5) is 0 Å². The molecule has 8 heteroatoms. The van der Waals surface area contributed by atoms with E-state index in [1.807, 2.05) is 4.90 Å². The molecular weight excluding hydrogens is 346 g/mol. The zero-order valence-electron chi connectivity index (χ0n) is 15.0. The van der Waals surface area contributed by atoms with Crippen molar-refractivity contribution in [3.63, 3.8) is 0 Å². The Hall–Kier alpha value is -2.77. The molecule has 3 heterocycles. The Bertz CT molecular complexity index is 984. The molecule has 1 saturated heterocycles. The first kappa shape index (κ1) is 16.4. The van der Waals surface area contributed by atoms with Crippen LogP contribution in [0.5, 0.6) is 0 Å². The van der Waals surface area contributed by atoms with Gasteiger partial charge in [0.25, 0.3) is 11.5 Å². The van der Waals surface area contributed by atoms with Crippen LogP contribution in [0.25, 0.3) is 11.2 Å². The molecule has 2 amide bonds. The lowest BCUT2D eigenvalue weighted by atomic mass is 10.2. The van der Waals surface area contributed by atoms with Crippen molar-refractivity contribution in [3.8, 4) is 0 Å². The second kappa shape index (κ2) is 6.14. The number of hydrogen-bond donors (Lipinski definition) is 0. The number of pyridine rings is 1. The van der Waals surface area contributed by atoms with Crippen LogP contribution >= 0.6 is 0 Å². The number of aromatic nitrogens is 3. The van der Waals surface area contributed by atoms with Gasteiger partial charge in [0.15, 0.2) is 11.3 Å². The monoisotopic (exact) mass is 367 g/mol. The van der Waals surface area contributed by atoms with E-state index in [9.17, 15) is 14.4 Å². The van der Waals surface area contributed by atoms with Crippen molar-refractivity contribution in [1.82, 2.24) is 24.3 Å². The predicted molar refractivity (Wildman–Crippen MR) is 97.3 cm³/mol. The van der Waals surface area contributed by atoms with Gasteiger partial charge in [-0.25, -0.2) is 9.97 Å². The lowest BCUT2D eigenvalue weighted by molar-refractivity contribution is -0.134. The molecule has 0 aromatic carbocycles. The summed E-state index contributed by atoms with van der Waals surface area (Å²) in [7, 11) is 0. The van der Waals surface area contributed by atoms with Crippen LogP contribution in [-0.2, 0) is 4.79 Å². The number of nitrogens with zero attached hydrogens (tertiary/aromatic N) is 5. The summed E-state index contributed by atoms with van der Waals surface area (Å²) in [6, 6.07) is 3.65. The maximum Gasteiger partial charge on any atom is 0.284 e. The average Bonchev–Trinajstić information content (AvgIpc) is 3.59. The molecule has 0 spiro atoms. The van der Waals surface area contributed by atoms with E-state index in [4.69, 9.17) is 0 Å². The highest BCUT2D eigenvalue weighted by Gasteiger charge is 2.36. The van der Waals surface area contributed by atoms with Crippen molar-refractivity contribution >= 4 is 23.0 Å². The van der Waals surface area contributed by atoms with Gasteiger partial charge in [-0.1, -0.05) is 0 Å². The Morgan fingerprint density at radius 3 is 2.37 bits per heavy atom. The van der Waals surface area contributed by atoms with Crippen molar-refractivity contribution < 1.29 is 9.59 Å². The molecule has 0 bridgehead atoms. The zero-order chi connectivity index (χ0) is 18.5. The van der Waals surface area contributed by atoms with Crippen LogP contribution in [0.3, 0.4) is 0 Å². The topological polar surface area (TPSA) is 88.4 Å². The maximum atomic E-state index is 13.0. The standard InChI is InChI=1S/C19H21N5O3/c25-17(12-3-4-12)22-8-10-23(11-9-22)18(26)15-19(27)24(13-5-6-13)16-14(21-15)2-1-7-20-16/h1-2,7,12-13H,3-6,8-11H2. The number of amides is 2. The molecule has 0 unspecified atom stereocenters. The van der Waals surface area contributed by atoms with Crippen molar-refractivity contribution in [2.75, 3.05) is 26.2 Å². The van der Waals surface area contributed by atoms with E-state index in [0.717, 1.165) is 25.7 Å². The van der Waals surface area contributed by atoms with Gasteiger partial charge in [-0.15, -0.1) is 0 Å². The number of fused-ring (bicyclic) bond motifs is 1. The van der Waals surface area contributed by atoms with Gasteiger partial charge >= 0.3 is 0 Å². The molecule has 3 aliphatic rings. The van der Waals surface area contributed by atoms with Gasteiger partial charge in [0.2, 0.25) is 5.91 Å². The van der Waals surface area contributed by atoms with Gasteiger partial charge in [-0.3, -0.25) is 19.0 Å². The van der Waals surface area contributed by atoms with E-state index in [1.54, 1.807) is 27.8 Å². The SMILES string of the molecule is O=C(c1nc2cccnc2n(C2CC2)c1=O)N1CCN(C(=O)C2CC2)CC1. The summed E-state index contributed by atoms with van der Waals surface area (Å²) in [4.78, 5) is 50.3. The van der Waals surface area contributed by atoms with Crippen LogP contribution in [0.2, 0.25) is 0 Å². The number of rotatable bonds is 3. The maximum absolute atomic E-state index is 13.0. The Labute approximate surface area is 155 Å². The van der Waals surface area contributed by atoms with Gasteiger partial charge in [-0.2, -0.15) is 0 Å². The van der Waals surface area contributed by atoms with Gasteiger partial charge in [0, 0.05) is 44.3 Å². The normalized spacial score (nSPS) is 20.1. The Balaban J connectivity index is 1.42. The summed E-state index contributed by atoms with van der Waals surface area (Å²) in [5.41, 5.74) is 0.714. The number of hydrogen-bond acceptors (Lipinski definition) is 5. The summed E-state index contributed by atoms with van der Waals surface area (Å²) in [5.74, 6) is 0.0411. The molecule has 5 rings (SSSR count). The van der Waals surface area contributed by atoms with E-state index in [0.29, 0.717) is 37.3 Å². The highest BCUT2D eigenvalue weighted by atomic mass is 16.2. The third kappa shape index (κ3) is 2.89. The van der Waals surface area contributed by atoms with Crippen molar-refractivity contribution in [2.45, 2.75) is 31.7 Å². The number of carbonyl (C=O) groups excluding carboxylic acids is 2. The Kier molecular flexibility index (Phi) is 3.73. The second-order valence-electron chi connectivity index (χ2n) is 7.60. The summed E-state index contributed by atoms with van der Waals surface area (Å²) < 4.78 is 1.63. The molecule has 0 N–H and O–H groups in total. The molecule has 2 aromatic heterocycles. The van der Waals surface area contributed by atoms with Crippen molar-refractivity contribution in [3.05, 3.63) is 34.4 Å². The molecule has 27 heavy (non-hydrogen) atoms. The fourth-order valence-electron chi connectivity index (χ4n) is 3.72. The fraction of sp³-hybridized carbons (Fsp3) is 0.526. The molecule has 8 nitrogen and oxygen atoms in total. The van der Waals surface area contributed by atoms with Gasteiger partial charge < -0.3 is 9.80 Å². The zero-order valence-corrected chi connectivity index (χ0v) is 15.0. The largest absolute Gasteiger partial charge is 0.339 e. The first-order valence-electron chi connectivity index (χ1n) is 9.59. The lowest BCUT2D eigenvalue weighted by Gasteiger charge is -2.34. The van der Waals surface area contributed by atoms with E-state index in [1.165, 1.54) is 0 Å². The minimum absolute atomic E-state index is 0.0376. The van der Waals surface area contributed by atoms with Crippen molar-refractivity contribution in [1.29, 1.82) is 0 Å². The predicted octanol–water partition coefficient (Wildman–Crippen LogP) is 0.821. The summed E-state index contributed by atoms with van der Waals surface area (Å²) in [5, 5.41) is 0. The van der Waals surface area contributed by atoms with E-state index in [2.05, 4.69) is 9.97 Å². The highest BCUT2D eigenvalue weighted by molar-refractivity contribution is 5.94. The molecule has 1 aliphatic heterocycles. The Morgan fingerprint density at radius 1 is 1.00 bits per heavy atom. The minimum atomic E-state index is -0.356. The molecule has 2 aliphatic carbocycles. The fourth-order valence-corrected chi connectivity index (χ4v) is 3.72. The average molecular weight is 367 g/mol. The molecule has 140 valence electrons. The second-order valence-corrected chi connectivity index (χ2v) is 7.60. The first-order valence-corrected chi connectivity index (χ1v) is 9.59. The molecule has 3 fully saturated rings. The first-order chi connectivity index (χ1) is 13.1. The van der Waals surface area contributed by atoms with Gasteiger partial charge in [0.1, 0.15) is 5.52 Å². The Morgan fingerprint density at radius 2 is 1.70 bits per heavy atom. The molecule has 2 saturated carbocycles. The van der Waals surface area contributed by atoms with Crippen LogP contribution in [0, 0.1) is 5.92 Å². The molecule has 0 atom stereocenters. The van der Waals surface area contributed by atoms with E-state index < -0.39 is 0 Å². The smallest absolute Gasteiger partial charge is 0.284 e. The number of piperazine rings is 1. The third-order valence-corrected chi connectivity index (χ3v) is 5.57.